The summed E-state index contributed by atoms with van der Waals surface area (Å²) in [5.41, 5.74) is 2.15. The summed E-state index contributed by atoms with van der Waals surface area (Å²) in [6.45, 7) is 0. The Balaban J connectivity index is 1.33. The molecule has 0 saturated carbocycles. The lowest BCUT2D eigenvalue weighted by Gasteiger charge is -2.32. The van der Waals surface area contributed by atoms with Crippen molar-refractivity contribution < 1.29 is 9.13 Å². The highest BCUT2D eigenvalue weighted by molar-refractivity contribution is 5.63. The van der Waals surface area contributed by atoms with Gasteiger partial charge in [-0.05, 0) is 18.9 Å². The zero-order valence-corrected chi connectivity index (χ0v) is 15.9. The number of hydrogen-bond acceptors (Lipinski definition) is 6. The van der Waals surface area contributed by atoms with Gasteiger partial charge in [0, 0.05) is 55.6 Å². The van der Waals surface area contributed by atoms with Crippen LogP contribution in [0.1, 0.15) is 19.3 Å². The zero-order valence-electron chi connectivity index (χ0n) is 15.9. The lowest BCUT2D eigenvalue weighted by Crippen LogP contribution is -2.51. The van der Waals surface area contributed by atoms with E-state index in [0.29, 0.717) is 29.4 Å². The van der Waals surface area contributed by atoms with Crippen LogP contribution in [0.25, 0.3) is 22.5 Å². The van der Waals surface area contributed by atoms with Gasteiger partial charge in [0.05, 0.1) is 23.1 Å². The van der Waals surface area contributed by atoms with Gasteiger partial charge in [-0.2, -0.15) is 5.10 Å². The third-order valence-electron chi connectivity index (χ3n) is 5.65. The number of ether oxygens (including phenoxy) is 1. The normalized spacial score (nSPS) is 25.9. The van der Waals surface area contributed by atoms with Gasteiger partial charge < -0.3 is 15.0 Å². The SMILES string of the molecule is Cn1cc(-c2cc(=O)c(-c3ccc(O[C@H]4C[C@@H]5CC[C@@H](N5)[C@H]4F)nn3)c[nH]2)cn1. The van der Waals surface area contributed by atoms with Gasteiger partial charge in [0.2, 0.25) is 5.88 Å². The minimum Gasteiger partial charge on any atom is -0.470 e. The van der Waals surface area contributed by atoms with Gasteiger partial charge >= 0.3 is 0 Å². The van der Waals surface area contributed by atoms with E-state index < -0.39 is 12.3 Å². The maximum absolute atomic E-state index is 14.5. The van der Waals surface area contributed by atoms with Crippen molar-refractivity contribution in [2.75, 3.05) is 0 Å². The Morgan fingerprint density at radius 3 is 2.90 bits per heavy atom. The molecule has 8 nitrogen and oxygen atoms in total. The van der Waals surface area contributed by atoms with Crippen LogP contribution in [-0.4, -0.2) is 49.3 Å². The Labute approximate surface area is 166 Å². The molecule has 5 rings (SSSR count). The van der Waals surface area contributed by atoms with Gasteiger partial charge in [0.25, 0.3) is 0 Å². The van der Waals surface area contributed by atoms with Crippen molar-refractivity contribution in [1.29, 1.82) is 0 Å². The predicted octanol–water partition coefficient (Wildman–Crippen LogP) is 1.84. The van der Waals surface area contributed by atoms with Crippen LogP contribution < -0.4 is 15.5 Å². The molecule has 9 heteroatoms. The molecule has 5 heterocycles. The van der Waals surface area contributed by atoms with E-state index in [1.165, 1.54) is 6.07 Å². The first-order chi connectivity index (χ1) is 14.1. The summed E-state index contributed by atoms with van der Waals surface area (Å²) >= 11 is 0. The number of hydrogen-bond donors (Lipinski definition) is 2. The Kier molecular flexibility index (Phi) is 4.39. The summed E-state index contributed by atoms with van der Waals surface area (Å²) in [7, 11) is 1.81. The van der Waals surface area contributed by atoms with Crippen LogP contribution >= 0.6 is 0 Å². The second-order valence-electron chi connectivity index (χ2n) is 7.67. The Morgan fingerprint density at radius 1 is 1.28 bits per heavy atom. The topological polar surface area (TPSA) is 97.7 Å². The maximum atomic E-state index is 14.5. The van der Waals surface area contributed by atoms with Gasteiger partial charge in [-0.25, -0.2) is 4.39 Å². The summed E-state index contributed by atoms with van der Waals surface area (Å²) in [6, 6.07) is 4.98. The van der Waals surface area contributed by atoms with Crippen LogP contribution in [-0.2, 0) is 7.05 Å². The quantitative estimate of drug-likeness (QED) is 0.698. The second kappa shape index (κ2) is 7.07. The summed E-state index contributed by atoms with van der Waals surface area (Å²) in [5, 5.41) is 15.5. The smallest absolute Gasteiger partial charge is 0.233 e. The molecule has 2 saturated heterocycles. The van der Waals surface area contributed by atoms with Crippen molar-refractivity contribution in [3.05, 3.63) is 47.0 Å². The lowest BCUT2D eigenvalue weighted by atomic mass is 10.0. The minimum absolute atomic E-state index is 0.136. The molecule has 0 spiro atoms. The molecule has 2 aliphatic rings. The predicted molar refractivity (Wildman–Crippen MR) is 104 cm³/mol. The maximum Gasteiger partial charge on any atom is 0.233 e. The Hall–Kier alpha value is -3.07. The van der Waals surface area contributed by atoms with Crippen molar-refractivity contribution >= 4 is 0 Å². The number of pyridine rings is 1. The van der Waals surface area contributed by atoms with Crippen molar-refractivity contribution in [2.45, 2.75) is 43.6 Å². The fourth-order valence-electron chi connectivity index (χ4n) is 4.15. The van der Waals surface area contributed by atoms with E-state index in [4.69, 9.17) is 4.74 Å². The highest BCUT2D eigenvalue weighted by Gasteiger charge is 2.43. The van der Waals surface area contributed by atoms with E-state index in [-0.39, 0.29) is 17.4 Å². The van der Waals surface area contributed by atoms with E-state index in [1.807, 2.05) is 13.2 Å². The lowest BCUT2D eigenvalue weighted by molar-refractivity contribution is 0.0422. The third kappa shape index (κ3) is 3.42. The molecule has 2 bridgehead atoms. The Morgan fingerprint density at radius 2 is 2.17 bits per heavy atom. The van der Waals surface area contributed by atoms with E-state index in [0.717, 1.165) is 18.4 Å². The average Bonchev–Trinajstić information content (AvgIpc) is 3.33. The fraction of sp³-hybridized carbons (Fsp3) is 0.400. The molecule has 29 heavy (non-hydrogen) atoms. The van der Waals surface area contributed by atoms with Crippen molar-refractivity contribution in [3.63, 3.8) is 0 Å². The molecule has 0 radical (unpaired) electrons. The average molecular weight is 396 g/mol. The molecule has 2 N–H and O–H groups in total. The van der Waals surface area contributed by atoms with E-state index in [1.54, 1.807) is 29.2 Å². The fourth-order valence-corrected chi connectivity index (χ4v) is 4.15. The third-order valence-corrected chi connectivity index (χ3v) is 5.65. The number of nitrogens with one attached hydrogen (secondary N) is 2. The van der Waals surface area contributed by atoms with Crippen LogP contribution in [0.3, 0.4) is 0 Å². The van der Waals surface area contributed by atoms with Gasteiger partial charge in [-0.3, -0.25) is 9.48 Å². The van der Waals surface area contributed by atoms with Crippen LogP contribution in [0.2, 0.25) is 0 Å². The van der Waals surface area contributed by atoms with Crippen LogP contribution in [0, 0.1) is 0 Å². The first-order valence-electron chi connectivity index (χ1n) is 9.69. The highest BCUT2D eigenvalue weighted by atomic mass is 19.1. The van der Waals surface area contributed by atoms with Crippen molar-refractivity contribution in [3.8, 4) is 28.4 Å². The number of aromatic nitrogens is 5. The van der Waals surface area contributed by atoms with Crippen LogP contribution in [0.4, 0.5) is 4.39 Å². The van der Waals surface area contributed by atoms with Crippen LogP contribution in [0.15, 0.2) is 41.6 Å². The number of aryl methyl sites for hydroxylation is 1. The first-order valence-corrected chi connectivity index (χ1v) is 9.69. The summed E-state index contributed by atoms with van der Waals surface area (Å²) < 4.78 is 21.9. The van der Waals surface area contributed by atoms with Crippen molar-refractivity contribution in [2.24, 2.45) is 7.05 Å². The van der Waals surface area contributed by atoms with Crippen LogP contribution in [0.5, 0.6) is 5.88 Å². The largest absolute Gasteiger partial charge is 0.470 e. The molecule has 0 amide bonds. The second-order valence-corrected chi connectivity index (χ2v) is 7.67. The summed E-state index contributed by atoms with van der Waals surface area (Å²) in [4.78, 5) is 15.6. The number of halogens is 1. The first kappa shape index (κ1) is 18.0. The number of alkyl halides is 1. The van der Waals surface area contributed by atoms with E-state index in [9.17, 15) is 9.18 Å². The number of aromatic amines is 1. The number of piperidine rings is 1. The van der Waals surface area contributed by atoms with E-state index in [2.05, 4.69) is 25.6 Å². The van der Waals surface area contributed by atoms with Gasteiger partial charge in [0.15, 0.2) is 11.6 Å². The van der Waals surface area contributed by atoms with Crippen molar-refractivity contribution in [1.82, 2.24) is 30.3 Å². The molecule has 3 aromatic heterocycles. The molecular formula is C20H21FN6O2. The Bertz CT molecular complexity index is 1080. The minimum atomic E-state index is -1.06. The number of H-pyrrole nitrogens is 1. The molecule has 2 aliphatic heterocycles. The molecular weight excluding hydrogens is 375 g/mol. The van der Waals surface area contributed by atoms with E-state index >= 15 is 0 Å². The zero-order chi connectivity index (χ0) is 20.0. The molecule has 2 fully saturated rings. The van der Waals surface area contributed by atoms with Gasteiger partial charge in [-0.15, -0.1) is 10.2 Å². The molecule has 0 unspecified atom stereocenters. The number of nitrogens with zero attached hydrogens (tertiary/aromatic N) is 4. The van der Waals surface area contributed by atoms with Gasteiger partial charge in [-0.1, -0.05) is 0 Å². The number of rotatable bonds is 4. The van der Waals surface area contributed by atoms with Gasteiger partial charge in [0.1, 0.15) is 6.10 Å². The highest BCUT2D eigenvalue weighted by Crippen LogP contribution is 2.31. The molecule has 150 valence electrons. The molecule has 4 atom stereocenters. The molecule has 3 aromatic rings. The molecule has 0 aliphatic carbocycles. The molecule has 0 aromatic carbocycles. The monoisotopic (exact) mass is 396 g/mol. The number of fused-ring (bicyclic) bond motifs is 2. The summed E-state index contributed by atoms with van der Waals surface area (Å²) in [5.74, 6) is 0.270. The standard InChI is InChI=1S/C20H21FN6O2/c1-27-10-11(8-23-27)16-7-17(28)13(9-22-16)14-4-5-19(26-25-14)29-18-6-12-2-3-15(24-12)20(18)21/h4-5,7-10,12,15,18,20,24H,2-3,6H2,1H3,(H,22,28)/t12-,15+,18-,20+/m0/s1. The summed E-state index contributed by atoms with van der Waals surface area (Å²) in [6.07, 6.45) is 5.98.